The number of carbonyl (C=O) groups excluding carboxylic acids is 1. The maximum atomic E-state index is 11.8. The number of aromatic hydroxyl groups is 1. The number of nitrogens with one attached hydrogen (secondary N) is 1. The minimum absolute atomic E-state index is 0.0300. The number of phenols is 1. The SMILES string of the molecule is O=C(NN=Cc1ccc2c(c1)OCO2)c1cccc(O)c1. The second-order valence-electron chi connectivity index (χ2n) is 4.36. The van der Waals surface area contributed by atoms with Crippen LogP contribution >= 0.6 is 0 Å². The average molecular weight is 284 g/mol. The summed E-state index contributed by atoms with van der Waals surface area (Å²) in [5, 5.41) is 13.2. The van der Waals surface area contributed by atoms with Crippen molar-refractivity contribution in [3.05, 3.63) is 53.6 Å². The summed E-state index contributed by atoms with van der Waals surface area (Å²) in [6.07, 6.45) is 1.50. The summed E-state index contributed by atoms with van der Waals surface area (Å²) < 4.78 is 10.5. The van der Waals surface area contributed by atoms with Gasteiger partial charge in [0.25, 0.3) is 5.91 Å². The number of benzene rings is 2. The van der Waals surface area contributed by atoms with Crippen LogP contribution in [0.3, 0.4) is 0 Å². The first-order chi connectivity index (χ1) is 10.2. The first kappa shape index (κ1) is 13.0. The van der Waals surface area contributed by atoms with E-state index in [0.29, 0.717) is 17.1 Å². The molecule has 6 heteroatoms. The lowest BCUT2D eigenvalue weighted by atomic mass is 10.2. The van der Waals surface area contributed by atoms with Crippen molar-refractivity contribution >= 4 is 12.1 Å². The summed E-state index contributed by atoms with van der Waals surface area (Å²) in [4.78, 5) is 11.8. The molecule has 1 aliphatic heterocycles. The number of fused-ring (bicyclic) bond motifs is 1. The molecule has 0 saturated carbocycles. The predicted octanol–water partition coefficient (Wildman–Crippen LogP) is 1.88. The molecular formula is C15H12N2O4. The zero-order chi connectivity index (χ0) is 14.7. The Morgan fingerprint density at radius 2 is 2.05 bits per heavy atom. The fraction of sp³-hybridized carbons (Fsp3) is 0.0667. The number of rotatable bonds is 3. The van der Waals surface area contributed by atoms with Gasteiger partial charge in [-0.05, 0) is 42.0 Å². The number of hydrogen-bond donors (Lipinski definition) is 2. The summed E-state index contributed by atoms with van der Waals surface area (Å²) in [6.45, 7) is 0.212. The van der Waals surface area contributed by atoms with Crippen molar-refractivity contribution in [2.24, 2.45) is 5.10 Å². The van der Waals surface area contributed by atoms with Gasteiger partial charge in [-0.15, -0.1) is 0 Å². The third-order valence-corrected chi connectivity index (χ3v) is 2.88. The Hall–Kier alpha value is -3.02. The van der Waals surface area contributed by atoms with Crippen LogP contribution in [0.2, 0.25) is 0 Å². The van der Waals surface area contributed by atoms with E-state index >= 15 is 0 Å². The van der Waals surface area contributed by atoms with Gasteiger partial charge in [-0.1, -0.05) is 6.07 Å². The Morgan fingerprint density at radius 1 is 1.19 bits per heavy atom. The molecule has 0 unspecified atom stereocenters. The number of ether oxygens (including phenoxy) is 2. The molecule has 2 N–H and O–H groups in total. The van der Waals surface area contributed by atoms with Crippen LogP contribution in [0, 0.1) is 0 Å². The standard InChI is InChI=1S/C15H12N2O4/c18-12-3-1-2-11(7-12)15(19)17-16-8-10-4-5-13-14(6-10)21-9-20-13/h1-8,18H,9H2,(H,17,19). The third kappa shape index (κ3) is 2.94. The highest BCUT2D eigenvalue weighted by molar-refractivity contribution is 5.95. The Bertz CT molecular complexity index is 713. The second kappa shape index (κ2) is 5.54. The summed E-state index contributed by atoms with van der Waals surface area (Å²) in [5.74, 6) is 0.972. The molecule has 1 amide bonds. The van der Waals surface area contributed by atoms with Gasteiger partial charge in [0.1, 0.15) is 5.75 Å². The van der Waals surface area contributed by atoms with E-state index in [1.807, 2.05) is 0 Å². The molecule has 0 radical (unpaired) electrons. The van der Waals surface area contributed by atoms with E-state index in [-0.39, 0.29) is 12.5 Å². The minimum atomic E-state index is -0.400. The molecule has 21 heavy (non-hydrogen) atoms. The number of hydrogen-bond acceptors (Lipinski definition) is 5. The van der Waals surface area contributed by atoms with Gasteiger partial charge in [-0.2, -0.15) is 5.10 Å². The van der Waals surface area contributed by atoms with E-state index in [2.05, 4.69) is 10.5 Å². The van der Waals surface area contributed by atoms with Gasteiger partial charge in [-0.25, -0.2) is 5.43 Å². The normalized spacial score (nSPS) is 12.6. The van der Waals surface area contributed by atoms with E-state index in [9.17, 15) is 9.90 Å². The van der Waals surface area contributed by atoms with Crippen LogP contribution in [0.1, 0.15) is 15.9 Å². The largest absolute Gasteiger partial charge is 0.508 e. The molecule has 2 aromatic carbocycles. The topological polar surface area (TPSA) is 80.2 Å². The Balaban J connectivity index is 1.65. The van der Waals surface area contributed by atoms with Crippen LogP contribution in [0.15, 0.2) is 47.6 Å². The Morgan fingerprint density at radius 3 is 2.90 bits per heavy atom. The fourth-order valence-corrected chi connectivity index (χ4v) is 1.87. The molecule has 1 aliphatic rings. The Labute approximate surface area is 120 Å². The van der Waals surface area contributed by atoms with Gasteiger partial charge in [-0.3, -0.25) is 4.79 Å². The lowest BCUT2D eigenvalue weighted by molar-refractivity contribution is 0.0954. The van der Waals surface area contributed by atoms with E-state index in [0.717, 1.165) is 5.56 Å². The molecule has 6 nitrogen and oxygen atoms in total. The number of phenolic OH excluding ortho intramolecular Hbond substituents is 1. The third-order valence-electron chi connectivity index (χ3n) is 2.88. The van der Waals surface area contributed by atoms with Crippen molar-refractivity contribution < 1.29 is 19.4 Å². The van der Waals surface area contributed by atoms with E-state index < -0.39 is 5.91 Å². The molecule has 3 rings (SSSR count). The highest BCUT2D eigenvalue weighted by Crippen LogP contribution is 2.31. The average Bonchev–Trinajstić information content (AvgIpc) is 2.94. The molecule has 0 bridgehead atoms. The summed E-state index contributed by atoms with van der Waals surface area (Å²) in [5.41, 5.74) is 3.49. The smallest absolute Gasteiger partial charge is 0.271 e. The molecule has 0 atom stereocenters. The van der Waals surface area contributed by atoms with Gasteiger partial charge < -0.3 is 14.6 Å². The van der Waals surface area contributed by atoms with Gasteiger partial charge in [0, 0.05) is 5.56 Å². The Kier molecular flexibility index (Phi) is 3.42. The van der Waals surface area contributed by atoms with Crippen LogP contribution in [-0.4, -0.2) is 24.0 Å². The van der Waals surface area contributed by atoms with Gasteiger partial charge in [0.15, 0.2) is 11.5 Å². The number of carbonyl (C=O) groups is 1. The predicted molar refractivity (Wildman–Crippen MR) is 75.7 cm³/mol. The summed E-state index contributed by atoms with van der Waals surface area (Å²) in [7, 11) is 0. The van der Waals surface area contributed by atoms with E-state index in [1.54, 1.807) is 30.3 Å². The number of nitrogens with zero attached hydrogens (tertiary/aromatic N) is 1. The lowest BCUT2D eigenvalue weighted by Gasteiger charge is -2.00. The molecule has 1 heterocycles. The van der Waals surface area contributed by atoms with Crippen LogP contribution < -0.4 is 14.9 Å². The van der Waals surface area contributed by atoms with Crippen molar-refractivity contribution in [2.45, 2.75) is 0 Å². The van der Waals surface area contributed by atoms with Crippen molar-refractivity contribution in [1.29, 1.82) is 0 Å². The van der Waals surface area contributed by atoms with Crippen molar-refractivity contribution in [2.75, 3.05) is 6.79 Å². The zero-order valence-corrected chi connectivity index (χ0v) is 10.9. The van der Waals surface area contributed by atoms with Crippen molar-refractivity contribution in [3.63, 3.8) is 0 Å². The maximum Gasteiger partial charge on any atom is 0.271 e. The molecule has 0 aromatic heterocycles. The lowest BCUT2D eigenvalue weighted by Crippen LogP contribution is -2.17. The minimum Gasteiger partial charge on any atom is -0.508 e. The molecule has 0 spiro atoms. The van der Waals surface area contributed by atoms with Gasteiger partial charge in [0.05, 0.1) is 6.21 Å². The van der Waals surface area contributed by atoms with E-state index in [4.69, 9.17) is 9.47 Å². The molecule has 0 saturated heterocycles. The maximum absolute atomic E-state index is 11.8. The van der Waals surface area contributed by atoms with Crippen molar-refractivity contribution in [1.82, 2.24) is 5.43 Å². The highest BCUT2D eigenvalue weighted by Gasteiger charge is 2.12. The number of amides is 1. The summed E-state index contributed by atoms with van der Waals surface area (Å²) in [6, 6.07) is 11.4. The molecular weight excluding hydrogens is 272 g/mol. The molecule has 2 aromatic rings. The van der Waals surface area contributed by atoms with Crippen LogP contribution in [-0.2, 0) is 0 Å². The van der Waals surface area contributed by atoms with E-state index in [1.165, 1.54) is 18.3 Å². The molecule has 106 valence electrons. The highest BCUT2D eigenvalue weighted by atomic mass is 16.7. The number of hydrazone groups is 1. The zero-order valence-electron chi connectivity index (χ0n) is 10.9. The van der Waals surface area contributed by atoms with Gasteiger partial charge >= 0.3 is 0 Å². The fourth-order valence-electron chi connectivity index (χ4n) is 1.87. The molecule has 0 fully saturated rings. The first-order valence-electron chi connectivity index (χ1n) is 6.24. The monoisotopic (exact) mass is 284 g/mol. The quantitative estimate of drug-likeness (QED) is 0.666. The van der Waals surface area contributed by atoms with Gasteiger partial charge in [0.2, 0.25) is 6.79 Å². The first-order valence-corrected chi connectivity index (χ1v) is 6.24. The molecule has 0 aliphatic carbocycles. The summed E-state index contributed by atoms with van der Waals surface area (Å²) >= 11 is 0. The van der Waals surface area contributed by atoms with Crippen molar-refractivity contribution in [3.8, 4) is 17.2 Å². The van der Waals surface area contributed by atoms with Crippen LogP contribution in [0.5, 0.6) is 17.2 Å². The van der Waals surface area contributed by atoms with Crippen LogP contribution in [0.4, 0.5) is 0 Å². The second-order valence-corrected chi connectivity index (χ2v) is 4.36. The van der Waals surface area contributed by atoms with Crippen LogP contribution in [0.25, 0.3) is 0 Å².